The smallest absolute Gasteiger partial charge is 0.269 e. The lowest BCUT2D eigenvalue weighted by molar-refractivity contribution is 0.0962. The summed E-state index contributed by atoms with van der Waals surface area (Å²) in [6.07, 6.45) is 2.90. The molecule has 30 heavy (non-hydrogen) atoms. The Morgan fingerprint density at radius 1 is 1.03 bits per heavy atom. The van der Waals surface area contributed by atoms with Gasteiger partial charge in [0.1, 0.15) is 12.1 Å². The number of methoxy groups -OCH3 is 2. The Morgan fingerprint density at radius 3 is 2.53 bits per heavy atom. The summed E-state index contributed by atoms with van der Waals surface area (Å²) < 4.78 is 25.1. The molecular formula is C20H17FN6O3. The average molecular weight is 408 g/mol. The quantitative estimate of drug-likeness (QED) is 0.473. The second kappa shape index (κ2) is 8.03. The fraction of sp³-hybridized carbons (Fsp3) is 0.100. The maximum absolute atomic E-state index is 13.2. The predicted octanol–water partition coefficient (Wildman–Crippen LogP) is 2.73. The first-order valence-corrected chi connectivity index (χ1v) is 8.83. The van der Waals surface area contributed by atoms with E-state index in [4.69, 9.17) is 9.47 Å². The van der Waals surface area contributed by atoms with Gasteiger partial charge in [-0.1, -0.05) is 0 Å². The minimum atomic E-state index is -0.395. The molecule has 0 radical (unpaired) electrons. The molecular weight excluding hydrogens is 391 g/mol. The summed E-state index contributed by atoms with van der Waals surface area (Å²) in [5.74, 6) is 0.587. The SMILES string of the molecule is COc1ccc(C(=O)NNc2ncnc3c2cnn3-c2ccc(F)cc2)cc1OC. The van der Waals surface area contributed by atoms with Crippen molar-refractivity contribution in [1.82, 2.24) is 25.2 Å². The normalized spacial score (nSPS) is 10.6. The number of anilines is 1. The van der Waals surface area contributed by atoms with E-state index in [9.17, 15) is 9.18 Å². The topological polar surface area (TPSA) is 103 Å². The molecule has 0 saturated heterocycles. The highest BCUT2D eigenvalue weighted by Crippen LogP contribution is 2.27. The van der Waals surface area contributed by atoms with Gasteiger partial charge in [-0.25, -0.2) is 19.0 Å². The summed E-state index contributed by atoms with van der Waals surface area (Å²) in [5.41, 5.74) is 6.89. The fourth-order valence-electron chi connectivity index (χ4n) is 2.88. The van der Waals surface area contributed by atoms with Gasteiger partial charge in [0.15, 0.2) is 23.0 Å². The molecule has 2 aromatic carbocycles. The van der Waals surface area contributed by atoms with Gasteiger partial charge < -0.3 is 9.47 Å². The number of nitrogens with zero attached hydrogens (tertiary/aromatic N) is 4. The maximum Gasteiger partial charge on any atom is 0.269 e. The Morgan fingerprint density at radius 2 is 1.80 bits per heavy atom. The highest BCUT2D eigenvalue weighted by molar-refractivity contribution is 5.96. The van der Waals surface area contributed by atoms with Crippen LogP contribution >= 0.6 is 0 Å². The van der Waals surface area contributed by atoms with Crippen LogP contribution in [-0.2, 0) is 0 Å². The van der Waals surface area contributed by atoms with Crippen LogP contribution in [0.1, 0.15) is 10.4 Å². The molecule has 9 nitrogen and oxygen atoms in total. The van der Waals surface area contributed by atoms with Crippen LogP contribution in [0.4, 0.5) is 10.2 Å². The molecule has 2 N–H and O–H groups in total. The summed E-state index contributed by atoms with van der Waals surface area (Å²) in [4.78, 5) is 20.9. The van der Waals surface area contributed by atoms with Gasteiger partial charge in [0.25, 0.3) is 5.91 Å². The zero-order valence-electron chi connectivity index (χ0n) is 16.1. The molecule has 0 saturated carbocycles. The van der Waals surface area contributed by atoms with Crippen LogP contribution in [0.3, 0.4) is 0 Å². The van der Waals surface area contributed by atoms with Crippen molar-refractivity contribution in [3.63, 3.8) is 0 Å². The van der Waals surface area contributed by atoms with Gasteiger partial charge in [-0.05, 0) is 42.5 Å². The Hall–Kier alpha value is -4.21. The number of halogens is 1. The van der Waals surface area contributed by atoms with Crippen molar-refractivity contribution in [2.45, 2.75) is 0 Å². The highest BCUT2D eigenvalue weighted by Gasteiger charge is 2.14. The third-order valence-electron chi connectivity index (χ3n) is 4.38. The summed E-state index contributed by atoms with van der Waals surface area (Å²) in [6, 6.07) is 10.7. The van der Waals surface area contributed by atoms with E-state index < -0.39 is 5.91 Å². The third-order valence-corrected chi connectivity index (χ3v) is 4.38. The van der Waals surface area contributed by atoms with E-state index in [1.807, 2.05) is 0 Å². The third kappa shape index (κ3) is 3.58. The van der Waals surface area contributed by atoms with Crippen LogP contribution in [-0.4, -0.2) is 39.9 Å². The number of hydrazine groups is 1. The lowest BCUT2D eigenvalue weighted by Gasteiger charge is -2.11. The first kappa shape index (κ1) is 19.1. The molecule has 0 spiro atoms. The van der Waals surface area contributed by atoms with Gasteiger partial charge in [0, 0.05) is 5.56 Å². The van der Waals surface area contributed by atoms with Crippen molar-refractivity contribution < 1.29 is 18.7 Å². The number of nitrogens with one attached hydrogen (secondary N) is 2. The molecule has 0 bridgehead atoms. The molecule has 4 aromatic rings. The molecule has 1 amide bonds. The molecule has 10 heteroatoms. The first-order valence-electron chi connectivity index (χ1n) is 8.83. The second-order valence-electron chi connectivity index (χ2n) is 6.14. The van der Waals surface area contributed by atoms with Gasteiger partial charge in [-0.2, -0.15) is 5.10 Å². The van der Waals surface area contributed by atoms with E-state index in [2.05, 4.69) is 25.9 Å². The van der Waals surface area contributed by atoms with Crippen LogP contribution in [0.5, 0.6) is 11.5 Å². The molecule has 0 aliphatic rings. The van der Waals surface area contributed by atoms with Gasteiger partial charge in [-0.15, -0.1) is 0 Å². The van der Waals surface area contributed by atoms with E-state index in [1.54, 1.807) is 41.2 Å². The number of benzene rings is 2. The van der Waals surface area contributed by atoms with Crippen molar-refractivity contribution in [3.8, 4) is 17.2 Å². The largest absolute Gasteiger partial charge is 0.493 e. The Balaban J connectivity index is 1.56. The van der Waals surface area contributed by atoms with Crippen LogP contribution in [0.15, 0.2) is 55.0 Å². The molecule has 4 rings (SSSR count). The molecule has 0 aliphatic heterocycles. The van der Waals surface area contributed by atoms with Crippen LogP contribution in [0.2, 0.25) is 0 Å². The lowest BCUT2D eigenvalue weighted by Crippen LogP contribution is -2.30. The van der Waals surface area contributed by atoms with Crippen molar-refractivity contribution in [2.75, 3.05) is 19.6 Å². The zero-order valence-corrected chi connectivity index (χ0v) is 16.1. The molecule has 2 aromatic heterocycles. The molecule has 0 unspecified atom stereocenters. The Bertz CT molecular complexity index is 1210. The first-order chi connectivity index (χ1) is 14.6. The number of carbonyl (C=O) groups excluding carboxylic acids is 1. The van der Waals surface area contributed by atoms with E-state index >= 15 is 0 Å². The summed E-state index contributed by atoms with van der Waals surface area (Å²) in [5, 5.41) is 4.87. The Kier molecular flexibility index (Phi) is 5.12. The standard InChI is InChI=1S/C20H17FN6O3/c1-29-16-8-3-12(9-17(16)30-2)20(28)26-25-18-15-10-24-27(19(15)23-11-22-18)14-6-4-13(21)5-7-14/h3-11H,1-2H3,(H,26,28)(H,22,23,25). The minimum Gasteiger partial charge on any atom is -0.493 e. The van der Waals surface area contributed by atoms with E-state index in [-0.39, 0.29) is 5.82 Å². The van der Waals surface area contributed by atoms with E-state index in [0.29, 0.717) is 39.6 Å². The second-order valence-corrected chi connectivity index (χ2v) is 6.14. The monoisotopic (exact) mass is 408 g/mol. The lowest BCUT2D eigenvalue weighted by atomic mass is 10.2. The molecule has 0 fully saturated rings. The summed E-state index contributed by atoms with van der Waals surface area (Å²) >= 11 is 0. The van der Waals surface area contributed by atoms with E-state index in [1.165, 1.54) is 32.7 Å². The number of hydrogen-bond acceptors (Lipinski definition) is 7. The number of aromatic nitrogens is 4. The molecule has 0 atom stereocenters. The van der Waals surface area contributed by atoms with Gasteiger partial charge in [-0.3, -0.25) is 15.6 Å². The average Bonchev–Trinajstić information content (AvgIpc) is 3.22. The number of rotatable bonds is 6. The van der Waals surface area contributed by atoms with Crippen molar-refractivity contribution in [3.05, 3.63) is 66.4 Å². The van der Waals surface area contributed by atoms with Crippen LogP contribution in [0, 0.1) is 5.82 Å². The zero-order chi connectivity index (χ0) is 21.1. The molecule has 0 aliphatic carbocycles. The van der Waals surface area contributed by atoms with Crippen molar-refractivity contribution in [2.24, 2.45) is 0 Å². The predicted molar refractivity (Wildman–Crippen MR) is 107 cm³/mol. The van der Waals surface area contributed by atoms with Gasteiger partial charge >= 0.3 is 0 Å². The molecule has 2 heterocycles. The fourth-order valence-corrected chi connectivity index (χ4v) is 2.88. The van der Waals surface area contributed by atoms with Crippen LogP contribution < -0.4 is 20.3 Å². The van der Waals surface area contributed by atoms with Crippen molar-refractivity contribution >= 4 is 22.8 Å². The number of ether oxygens (including phenoxy) is 2. The van der Waals surface area contributed by atoms with Gasteiger partial charge in [0.2, 0.25) is 0 Å². The van der Waals surface area contributed by atoms with Gasteiger partial charge in [0.05, 0.1) is 31.5 Å². The maximum atomic E-state index is 13.2. The summed E-state index contributed by atoms with van der Waals surface area (Å²) in [7, 11) is 3.01. The Labute approximate surface area is 170 Å². The highest BCUT2D eigenvalue weighted by atomic mass is 19.1. The number of carbonyl (C=O) groups is 1. The van der Waals surface area contributed by atoms with Crippen LogP contribution in [0.25, 0.3) is 16.7 Å². The van der Waals surface area contributed by atoms with E-state index in [0.717, 1.165) is 0 Å². The van der Waals surface area contributed by atoms with Crippen molar-refractivity contribution in [1.29, 1.82) is 0 Å². The number of hydrogen-bond donors (Lipinski definition) is 2. The minimum absolute atomic E-state index is 0.343. The number of amides is 1. The number of fused-ring (bicyclic) bond motifs is 1. The summed E-state index contributed by atoms with van der Waals surface area (Å²) in [6.45, 7) is 0. The molecule has 152 valence electrons.